The SMILES string of the molecule is CC/C(=C(\C)COO)c1cccc(OC)c1. The Morgan fingerprint density at radius 1 is 1.38 bits per heavy atom. The molecule has 0 radical (unpaired) electrons. The largest absolute Gasteiger partial charge is 0.497 e. The lowest BCUT2D eigenvalue weighted by atomic mass is 9.98. The van der Waals surface area contributed by atoms with Crippen LogP contribution in [0.1, 0.15) is 25.8 Å². The topological polar surface area (TPSA) is 38.7 Å². The molecular weight excluding hydrogens is 204 g/mol. The molecule has 1 aromatic rings. The molecule has 0 amide bonds. The molecule has 1 rings (SSSR count). The molecule has 0 unspecified atom stereocenters. The second-order valence-corrected chi connectivity index (χ2v) is 3.62. The number of benzene rings is 1. The second kappa shape index (κ2) is 6.30. The maximum absolute atomic E-state index is 8.47. The van der Waals surface area contributed by atoms with Crippen LogP contribution in [0.4, 0.5) is 0 Å². The van der Waals surface area contributed by atoms with Crippen LogP contribution >= 0.6 is 0 Å². The normalized spacial score (nSPS) is 12.2. The number of ether oxygens (including phenoxy) is 1. The summed E-state index contributed by atoms with van der Waals surface area (Å²) in [5.41, 5.74) is 3.31. The molecule has 3 nitrogen and oxygen atoms in total. The van der Waals surface area contributed by atoms with Crippen molar-refractivity contribution in [1.82, 2.24) is 0 Å². The zero-order valence-corrected chi connectivity index (χ0v) is 9.99. The Morgan fingerprint density at radius 2 is 2.12 bits per heavy atom. The van der Waals surface area contributed by atoms with Gasteiger partial charge in [0.15, 0.2) is 0 Å². The van der Waals surface area contributed by atoms with E-state index in [0.717, 1.165) is 23.3 Å². The molecule has 88 valence electrons. The maximum atomic E-state index is 8.47. The minimum Gasteiger partial charge on any atom is -0.497 e. The Balaban J connectivity index is 3.07. The summed E-state index contributed by atoms with van der Waals surface area (Å²) < 4.78 is 5.19. The Labute approximate surface area is 96.2 Å². The summed E-state index contributed by atoms with van der Waals surface area (Å²) in [6.45, 7) is 4.27. The van der Waals surface area contributed by atoms with Crippen molar-refractivity contribution >= 4 is 5.57 Å². The Morgan fingerprint density at radius 3 is 2.69 bits per heavy atom. The van der Waals surface area contributed by atoms with Gasteiger partial charge in [0.25, 0.3) is 0 Å². The molecule has 0 bridgehead atoms. The maximum Gasteiger partial charge on any atom is 0.119 e. The highest BCUT2D eigenvalue weighted by molar-refractivity contribution is 5.69. The van der Waals surface area contributed by atoms with Gasteiger partial charge in [-0.15, -0.1) is 0 Å². The van der Waals surface area contributed by atoms with Crippen LogP contribution in [0.5, 0.6) is 5.75 Å². The van der Waals surface area contributed by atoms with Crippen LogP contribution in [0, 0.1) is 0 Å². The van der Waals surface area contributed by atoms with Crippen molar-refractivity contribution in [2.24, 2.45) is 0 Å². The number of allylic oxidation sites excluding steroid dienone is 1. The van der Waals surface area contributed by atoms with E-state index >= 15 is 0 Å². The molecule has 0 aliphatic rings. The number of methoxy groups -OCH3 is 1. The highest BCUT2D eigenvalue weighted by atomic mass is 17.1. The molecule has 0 aliphatic heterocycles. The fraction of sp³-hybridized carbons (Fsp3) is 0.385. The van der Waals surface area contributed by atoms with Crippen LogP contribution < -0.4 is 4.74 Å². The van der Waals surface area contributed by atoms with E-state index in [1.54, 1.807) is 7.11 Å². The predicted octanol–water partition coefficient (Wildman–Crippen LogP) is 3.37. The van der Waals surface area contributed by atoms with E-state index in [9.17, 15) is 0 Å². The van der Waals surface area contributed by atoms with Crippen LogP contribution in [-0.2, 0) is 4.89 Å². The van der Waals surface area contributed by atoms with E-state index in [1.165, 1.54) is 5.57 Å². The van der Waals surface area contributed by atoms with Crippen LogP contribution in [0.2, 0.25) is 0 Å². The lowest BCUT2D eigenvalue weighted by molar-refractivity contribution is -0.233. The van der Waals surface area contributed by atoms with Crippen molar-refractivity contribution in [2.45, 2.75) is 20.3 Å². The molecule has 0 aromatic heterocycles. The Bertz CT molecular complexity index is 369. The summed E-state index contributed by atoms with van der Waals surface area (Å²) in [7, 11) is 1.65. The summed E-state index contributed by atoms with van der Waals surface area (Å²) in [5.74, 6) is 0.834. The van der Waals surface area contributed by atoms with Gasteiger partial charge < -0.3 is 4.74 Å². The first-order chi connectivity index (χ1) is 7.72. The van der Waals surface area contributed by atoms with Gasteiger partial charge in [-0.05, 0) is 42.2 Å². The van der Waals surface area contributed by atoms with Gasteiger partial charge in [0.2, 0.25) is 0 Å². The van der Waals surface area contributed by atoms with Gasteiger partial charge in [-0.3, -0.25) is 5.26 Å². The molecule has 0 aliphatic carbocycles. The Hall–Kier alpha value is -1.32. The van der Waals surface area contributed by atoms with E-state index in [-0.39, 0.29) is 6.61 Å². The second-order valence-electron chi connectivity index (χ2n) is 3.62. The quantitative estimate of drug-likeness (QED) is 0.613. The Kier molecular flexibility index (Phi) is 5.02. The molecule has 1 N–H and O–H groups in total. The minimum atomic E-state index is 0.236. The van der Waals surface area contributed by atoms with Crippen molar-refractivity contribution in [3.05, 3.63) is 35.4 Å². The number of hydrogen-bond acceptors (Lipinski definition) is 3. The monoisotopic (exact) mass is 222 g/mol. The summed E-state index contributed by atoms with van der Waals surface area (Å²) in [5, 5.41) is 8.47. The number of hydrogen-bond donors (Lipinski definition) is 1. The lowest BCUT2D eigenvalue weighted by Crippen LogP contribution is -1.96. The highest BCUT2D eigenvalue weighted by Crippen LogP contribution is 2.25. The molecule has 0 saturated heterocycles. The third-order valence-corrected chi connectivity index (χ3v) is 2.57. The van der Waals surface area contributed by atoms with Gasteiger partial charge in [0.05, 0.1) is 7.11 Å². The molecule has 1 aromatic carbocycles. The molecule has 0 atom stereocenters. The van der Waals surface area contributed by atoms with Crippen molar-refractivity contribution in [1.29, 1.82) is 0 Å². The van der Waals surface area contributed by atoms with Gasteiger partial charge in [-0.25, -0.2) is 4.89 Å². The summed E-state index contributed by atoms with van der Waals surface area (Å²) >= 11 is 0. The van der Waals surface area contributed by atoms with E-state index < -0.39 is 0 Å². The van der Waals surface area contributed by atoms with Gasteiger partial charge >= 0.3 is 0 Å². The average molecular weight is 222 g/mol. The van der Waals surface area contributed by atoms with Crippen molar-refractivity contribution < 1.29 is 14.9 Å². The zero-order valence-electron chi connectivity index (χ0n) is 9.99. The van der Waals surface area contributed by atoms with Crippen molar-refractivity contribution in [2.75, 3.05) is 13.7 Å². The van der Waals surface area contributed by atoms with Gasteiger partial charge in [0, 0.05) is 0 Å². The van der Waals surface area contributed by atoms with E-state index in [2.05, 4.69) is 11.8 Å². The van der Waals surface area contributed by atoms with E-state index in [0.29, 0.717) is 0 Å². The van der Waals surface area contributed by atoms with Crippen molar-refractivity contribution in [3.8, 4) is 5.75 Å². The fourth-order valence-electron chi connectivity index (χ4n) is 1.75. The smallest absolute Gasteiger partial charge is 0.119 e. The van der Waals surface area contributed by atoms with Crippen LogP contribution in [0.25, 0.3) is 5.57 Å². The molecule has 0 heterocycles. The third-order valence-electron chi connectivity index (χ3n) is 2.57. The van der Waals surface area contributed by atoms with Crippen LogP contribution in [0.15, 0.2) is 29.8 Å². The van der Waals surface area contributed by atoms with Gasteiger partial charge in [0.1, 0.15) is 12.4 Å². The fourth-order valence-corrected chi connectivity index (χ4v) is 1.75. The predicted molar refractivity (Wildman–Crippen MR) is 64.5 cm³/mol. The summed E-state index contributed by atoms with van der Waals surface area (Å²) in [4.78, 5) is 4.18. The third kappa shape index (κ3) is 3.08. The molecule has 16 heavy (non-hydrogen) atoms. The molecular formula is C13H18O3. The molecule has 0 saturated carbocycles. The first-order valence-corrected chi connectivity index (χ1v) is 5.32. The molecule has 0 spiro atoms. The van der Waals surface area contributed by atoms with Crippen LogP contribution in [0.3, 0.4) is 0 Å². The van der Waals surface area contributed by atoms with Gasteiger partial charge in [-0.1, -0.05) is 19.1 Å². The first kappa shape index (κ1) is 12.7. The van der Waals surface area contributed by atoms with E-state index in [1.807, 2.05) is 31.2 Å². The lowest BCUT2D eigenvalue weighted by Gasteiger charge is -2.11. The minimum absolute atomic E-state index is 0.236. The first-order valence-electron chi connectivity index (χ1n) is 5.32. The molecule has 3 heteroatoms. The standard InChI is InChI=1S/C13H18O3/c1-4-13(10(2)9-16-14)11-6-5-7-12(8-11)15-3/h5-8,14H,4,9H2,1-3H3/b13-10-. The van der Waals surface area contributed by atoms with Crippen LogP contribution in [-0.4, -0.2) is 19.0 Å². The zero-order chi connectivity index (χ0) is 12.0. The van der Waals surface area contributed by atoms with Gasteiger partial charge in [-0.2, -0.15) is 0 Å². The highest BCUT2D eigenvalue weighted by Gasteiger charge is 2.05. The molecule has 0 fully saturated rings. The summed E-state index contributed by atoms with van der Waals surface area (Å²) in [6.07, 6.45) is 0.891. The summed E-state index contributed by atoms with van der Waals surface area (Å²) in [6, 6.07) is 7.88. The number of rotatable bonds is 5. The van der Waals surface area contributed by atoms with E-state index in [4.69, 9.17) is 9.99 Å². The average Bonchev–Trinajstić information content (AvgIpc) is 2.31. The van der Waals surface area contributed by atoms with Crippen molar-refractivity contribution in [3.63, 3.8) is 0 Å².